The van der Waals surface area contributed by atoms with Gasteiger partial charge in [-0.05, 0) is 52.7 Å². The molecule has 3 heterocycles. The zero-order valence-electron chi connectivity index (χ0n) is 22.2. The molecule has 1 aromatic carbocycles. The van der Waals surface area contributed by atoms with Gasteiger partial charge >= 0.3 is 5.69 Å². The Labute approximate surface area is 216 Å². The first-order valence-electron chi connectivity index (χ1n) is 12.7. The Morgan fingerprint density at radius 2 is 2.00 bits per heavy atom. The number of rotatable bonds is 8. The number of nitrogens with zero attached hydrogens (tertiary/aromatic N) is 5. The highest BCUT2D eigenvalue weighted by atomic mass is 16.5. The third kappa shape index (κ3) is 5.53. The molecule has 1 saturated heterocycles. The van der Waals surface area contributed by atoms with E-state index in [-0.39, 0.29) is 24.5 Å². The van der Waals surface area contributed by atoms with Crippen LogP contribution >= 0.6 is 0 Å². The van der Waals surface area contributed by atoms with Crippen molar-refractivity contribution in [2.45, 2.75) is 65.8 Å². The first-order valence-corrected chi connectivity index (χ1v) is 12.7. The number of allylic oxidation sites excluding steroid dienone is 2. The van der Waals surface area contributed by atoms with Crippen molar-refractivity contribution < 1.29 is 9.53 Å². The molecule has 0 amide bonds. The smallest absolute Gasteiger partial charge is 0.332 e. The molecule has 37 heavy (non-hydrogen) atoms. The Morgan fingerprint density at radius 3 is 2.68 bits per heavy atom. The Balaban J connectivity index is 1.82. The van der Waals surface area contributed by atoms with Crippen LogP contribution in [-0.2, 0) is 20.1 Å². The number of ketones is 1. The summed E-state index contributed by atoms with van der Waals surface area (Å²) >= 11 is 0. The van der Waals surface area contributed by atoms with E-state index in [0.717, 1.165) is 29.5 Å². The third-order valence-corrected chi connectivity index (χ3v) is 6.46. The zero-order chi connectivity index (χ0) is 26.9. The van der Waals surface area contributed by atoms with Gasteiger partial charge in [-0.2, -0.15) is 4.98 Å². The molecule has 1 atom stereocenters. The Morgan fingerprint density at radius 1 is 1.24 bits per heavy atom. The molecular formula is C27H36N6O4. The largest absolute Gasteiger partial charge is 0.491 e. The molecule has 10 heteroatoms. The van der Waals surface area contributed by atoms with Gasteiger partial charge in [-0.1, -0.05) is 23.8 Å². The summed E-state index contributed by atoms with van der Waals surface area (Å²) in [5, 5.41) is 0. The average molecular weight is 509 g/mol. The molecule has 1 aliphatic rings. The maximum Gasteiger partial charge on any atom is 0.332 e. The number of fused-ring (bicyclic) bond motifs is 1. The van der Waals surface area contributed by atoms with Gasteiger partial charge in [0.1, 0.15) is 5.75 Å². The lowest BCUT2D eigenvalue weighted by molar-refractivity contribution is 0.0968. The minimum Gasteiger partial charge on any atom is -0.491 e. The van der Waals surface area contributed by atoms with E-state index in [0.29, 0.717) is 41.5 Å². The van der Waals surface area contributed by atoms with Gasteiger partial charge < -0.3 is 19.9 Å². The summed E-state index contributed by atoms with van der Waals surface area (Å²) in [5.74, 6) is 0.809. The number of benzene rings is 1. The van der Waals surface area contributed by atoms with Crippen molar-refractivity contribution >= 4 is 22.9 Å². The second-order valence-corrected chi connectivity index (χ2v) is 10.2. The first-order chi connectivity index (χ1) is 17.6. The molecule has 10 nitrogen and oxygen atoms in total. The summed E-state index contributed by atoms with van der Waals surface area (Å²) in [5.41, 5.74) is 7.14. The van der Waals surface area contributed by atoms with Crippen LogP contribution in [0.25, 0.3) is 11.2 Å². The summed E-state index contributed by atoms with van der Waals surface area (Å²) in [6.45, 7) is 9.18. The van der Waals surface area contributed by atoms with Gasteiger partial charge in [-0.3, -0.25) is 18.7 Å². The molecule has 0 saturated carbocycles. The third-order valence-electron chi connectivity index (χ3n) is 6.46. The number of piperidine rings is 1. The van der Waals surface area contributed by atoms with Crippen LogP contribution in [0.3, 0.4) is 0 Å². The summed E-state index contributed by atoms with van der Waals surface area (Å²) < 4.78 is 9.86. The number of ether oxygens (including phenoxy) is 1. The molecule has 1 fully saturated rings. The van der Waals surface area contributed by atoms with E-state index in [1.165, 1.54) is 4.57 Å². The lowest BCUT2D eigenvalue weighted by Crippen LogP contribution is -2.44. The SMILES string of the molecule is CC(C)=CCn1c(N2CCCC(N)C2)nc2c1c(=O)n(CC(=O)c1cccc(OC(C)C)c1)c(=O)n2C. The summed E-state index contributed by atoms with van der Waals surface area (Å²) in [6, 6.07) is 6.79. The molecule has 3 aromatic rings. The average Bonchev–Trinajstić information content (AvgIpc) is 3.23. The van der Waals surface area contributed by atoms with Gasteiger partial charge in [0.05, 0.1) is 12.6 Å². The quantitative estimate of drug-likeness (QED) is 0.367. The van der Waals surface area contributed by atoms with Gasteiger partial charge in [0, 0.05) is 38.3 Å². The van der Waals surface area contributed by atoms with Crippen molar-refractivity contribution in [3.63, 3.8) is 0 Å². The molecular weight excluding hydrogens is 472 g/mol. The minimum atomic E-state index is -0.589. The number of aromatic nitrogens is 4. The van der Waals surface area contributed by atoms with Crippen LogP contribution in [0.15, 0.2) is 45.5 Å². The second kappa shape index (κ2) is 10.8. The van der Waals surface area contributed by atoms with Gasteiger partial charge in [0.15, 0.2) is 16.9 Å². The molecule has 2 N–H and O–H groups in total. The standard InChI is InChI=1S/C27H36N6O4/c1-17(2)11-13-32-23-24(29-26(32)31-12-7-9-20(28)15-31)30(5)27(36)33(25(23)35)16-22(34)19-8-6-10-21(14-19)37-18(3)4/h6,8,10-11,14,18,20H,7,9,12-13,15-16,28H2,1-5H3. The lowest BCUT2D eigenvalue weighted by Gasteiger charge is -2.31. The van der Waals surface area contributed by atoms with E-state index < -0.39 is 11.2 Å². The van der Waals surface area contributed by atoms with E-state index in [1.807, 2.05) is 38.3 Å². The fourth-order valence-corrected chi connectivity index (χ4v) is 4.63. The molecule has 0 radical (unpaired) electrons. The van der Waals surface area contributed by atoms with Crippen molar-refractivity contribution in [1.82, 2.24) is 18.7 Å². The molecule has 0 aliphatic carbocycles. The molecule has 198 valence electrons. The highest BCUT2D eigenvalue weighted by Gasteiger charge is 2.26. The molecule has 4 rings (SSSR count). The van der Waals surface area contributed by atoms with Gasteiger partial charge in [-0.25, -0.2) is 4.79 Å². The van der Waals surface area contributed by atoms with Crippen LogP contribution in [0.2, 0.25) is 0 Å². The highest BCUT2D eigenvalue weighted by molar-refractivity contribution is 5.96. The van der Waals surface area contributed by atoms with E-state index >= 15 is 0 Å². The normalized spacial score (nSPS) is 15.9. The lowest BCUT2D eigenvalue weighted by atomic mass is 10.1. The van der Waals surface area contributed by atoms with E-state index in [1.54, 1.807) is 31.3 Å². The number of hydrogen-bond donors (Lipinski definition) is 1. The van der Waals surface area contributed by atoms with Crippen LogP contribution in [0.5, 0.6) is 5.75 Å². The molecule has 1 unspecified atom stereocenters. The van der Waals surface area contributed by atoms with Gasteiger partial charge in [-0.15, -0.1) is 0 Å². The van der Waals surface area contributed by atoms with Crippen LogP contribution < -0.4 is 26.6 Å². The van der Waals surface area contributed by atoms with Crippen molar-refractivity contribution in [3.8, 4) is 5.75 Å². The zero-order valence-corrected chi connectivity index (χ0v) is 22.2. The minimum absolute atomic E-state index is 0.0130. The number of imidazole rings is 1. The predicted molar refractivity (Wildman–Crippen MR) is 145 cm³/mol. The Hall–Kier alpha value is -3.66. The monoisotopic (exact) mass is 508 g/mol. The predicted octanol–water partition coefficient (Wildman–Crippen LogP) is 2.46. The second-order valence-electron chi connectivity index (χ2n) is 10.2. The van der Waals surface area contributed by atoms with Gasteiger partial charge in [0.2, 0.25) is 5.95 Å². The maximum atomic E-state index is 13.8. The first kappa shape index (κ1) is 26.4. The van der Waals surface area contributed by atoms with Crippen LogP contribution in [0.4, 0.5) is 5.95 Å². The van der Waals surface area contributed by atoms with E-state index in [4.69, 9.17) is 15.5 Å². The number of carbonyl (C=O) groups excluding carboxylic acids is 1. The summed E-state index contributed by atoms with van der Waals surface area (Å²) in [4.78, 5) is 47.0. The van der Waals surface area contributed by atoms with Crippen molar-refractivity contribution in [3.05, 3.63) is 62.3 Å². The number of nitrogens with two attached hydrogens (primary N) is 1. The van der Waals surface area contributed by atoms with Crippen LogP contribution in [0, 0.1) is 0 Å². The summed E-state index contributed by atoms with van der Waals surface area (Å²) in [7, 11) is 1.58. The Bertz CT molecular complexity index is 1460. The van der Waals surface area contributed by atoms with Crippen molar-refractivity contribution in [2.24, 2.45) is 12.8 Å². The number of Topliss-reactive ketones (excluding diaryl/α,β-unsaturated/α-hetero) is 1. The van der Waals surface area contributed by atoms with Crippen LogP contribution in [-0.4, -0.2) is 49.7 Å². The van der Waals surface area contributed by atoms with E-state index in [2.05, 4.69) is 4.90 Å². The molecule has 1 aliphatic heterocycles. The number of carbonyl (C=O) groups is 1. The van der Waals surface area contributed by atoms with Crippen LogP contribution in [0.1, 0.15) is 50.9 Å². The van der Waals surface area contributed by atoms with Crippen molar-refractivity contribution in [2.75, 3.05) is 18.0 Å². The highest BCUT2D eigenvalue weighted by Crippen LogP contribution is 2.23. The van der Waals surface area contributed by atoms with E-state index in [9.17, 15) is 14.4 Å². The topological polar surface area (TPSA) is 117 Å². The maximum absolute atomic E-state index is 13.8. The molecule has 0 bridgehead atoms. The van der Waals surface area contributed by atoms with Crippen molar-refractivity contribution in [1.29, 1.82) is 0 Å². The number of hydrogen-bond acceptors (Lipinski definition) is 7. The Kier molecular flexibility index (Phi) is 7.68. The summed E-state index contributed by atoms with van der Waals surface area (Å²) in [6.07, 6.45) is 3.81. The molecule has 0 spiro atoms. The number of aryl methyl sites for hydroxylation is 1. The molecule has 2 aromatic heterocycles. The number of anilines is 1. The fourth-order valence-electron chi connectivity index (χ4n) is 4.63. The fraction of sp³-hybridized carbons (Fsp3) is 0.481. The van der Waals surface area contributed by atoms with Gasteiger partial charge in [0.25, 0.3) is 5.56 Å².